The van der Waals surface area contributed by atoms with E-state index < -0.39 is 46.4 Å². The van der Waals surface area contributed by atoms with Gasteiger partial charge in [0.2, 0.25) is 10.0 Å². The molecule has 12 nitrogen and oxygen atoms in total. The van der Waals surface area contributed by atoms with Crippen LogP contribution in [-0.2, 0) is 36.4 Å². The third-order valence-corrected chi connectivity index (χ3v) is 11.8. The minimum atomic E-state index is -3.57. The molecule has 1 fully saturated rings. The molecule has 0 amide bonds. The van der Waals surface area contributed by atoms with Crippen molar-refractivity contribution in [3.8, 4) is 0 Å². The van der Waals surface area contributed by atoms with Gasteiger partial charge in [-0.1, -0.05) is 23.8 Å². The van der Waals surface area contributed by atoms with Gasteiger partial charge in [0.15, 0.2) is 5.60 Å². The largest absolute Gasteiger partial charge is 0.481 e. The molecule has 2 aromatic heterocycles. The molecule has 1 saturated heterocycles. The Morgan fingerprint density at radius 1 is 0.980 bits per heavy atom. The van der Waals surface area contributed by atoms with Gasteiger partial charge in [-0.3, -0.25) is 19.5 Å². The van der Waals surface area contributed by atoms with E-state index in [0.717, 1.165) is 43.6 Å². The SMILES string of the molecule is Cc1ccc(S(=O)(=O)NC[C@]2(CCc3cc(C)c(C)s3)CCN(C(C)(C)c3ccc(C)nc3)C2)cc1.O=C(O)CC(O)(CC(=O)O)C(=O)O. The summed E-state index contributed by atoms with van der Waals surface area (Å²) in [5.41, 5.74) is 1.52. The summed E-state index contributed by atoms with van der Waals surface area (Å²) in [4.78, 5) is 40.6. The van der Waals surface area contributed by atoms with Crippen molar-refractivity contribution in [2.45, 2.75) is 89.7 Å². The first-order chi connectivity index (χ1) is 22.7. The second-order valence-electron chi connectivity index (χ2n) is 13.5. The van der Waals surface area contributed by atoms with Crippen LogP contribution in [0, 0.1) is 33.1 Å². The maximum Gasteiger partial charge on any atom is 0.336 e. The van der Waals surface area contributed by atoms with E-state index in [9.17, 15) is 22.8 Å². The zero-order valence-electron chi connectivity index (χ0n) is 28.8. The Bertz CT molecular complexity index is 1700. The number of aliphatic hydroxyl groups is 1. The van der Waals surface area contributed by atoms with Crippen molar-refractivity contribution in [3.63, 3.8) is 0 Å². The highest BCUT2D eigenvalue weighted by Crippen LogP contribution is 2.42. The van der Waals surface area contributed by atoms with E-state index in [4.69, 9.17) is 20.4 Å². The second kappa shape index (κ2) is 15.9. The average molecular weight is 718 g/mol. The number of aromatic nitrogens is 1. The van der Waals surface area contributed by atoms with Crippen LogP contribution in [0.4, 0.5) is 0 Å². The maximum absolute atomic E-state index is 13.2. The molecule has 1 aliphatic rings. The molecule has 0 bridgehead atoms. The number of carbonyl (C=O) groups is 3. The lowest BCUT2D eigenvalue weighted by atomic mass is 9.82. The zero-order valence-corrected chi connectivity index (χ0v) is 30.4. The molecule has 0 saturated carbocycles. The topological polar surface area (TPSA) is 194 Å². The summed E-state index contributed by atoms with van der Waals surface area (Å²) in [5, 5.41) is 33.8. The predicted molar refractivity (Wildman–Crippen MR) is 186 cm³/mol. The van der Waals surface area contributed by atoms with Crippen LogP contribution in [0.2, 0.25) is 0 Å². The van der Waals surface area contributed by atoms with Crippen molar-refractivity contribution in [1.82, 2.24) is 14.6 Å². The number of hydrogen-bond acceptors (Lipinski definition) is 9. The van der Waals surface area contributed by atoms with Gasteiger partial charge < -0.3 is 20.4 Å². The maximum atomic E-state index is 13.2. The Kier molecular flexibility index (Phi) is 12.9. The van der Waals surface area contributed by atoms with E-state index in [1.54, 1.807) is 12.1 Å². The van der Waals surface area contributed by atoms with Gasteiger partial charge in [0, 0.05) is 40.3 Å². The quantitative estimate of drug-likeness (QED) is 0.156. The Morgan fingerprint density at radius 2 is 1.59 bits per heavy atom. The molecular weight excluding hydrogens is 671 g/mol. The highest BCUT2D eigenvalue weighted by atomic mass is 32.2. The molecule has 3 heterocycles. The van der Waals surface area contributed by atoms with Gasteiger partial charge in [0.1, 0.15) is 0 Å². The average Bonchev–Trinajstić information content (AvgIpc) is 3.58. The van der Waals surface area contributed by atoms with Crippen LogP contribution in [0.15, 0.2) is 53.6 Å². The number of carboxylic acids is 3. The van der Waals surface area contributed by atoms with Gasteiger partial charge in [-0.25, -0.2) is 17.9 Å². The molecule has 14 heteroatoms. The minimum absolute atomic E-state index is 0.140. The van der Waals surface area contributed by atoms with Crippen LogP contribution in [0.5, 0.6) is 0 Å². The molecule has 0 spiro atoms. The lowest BCUT2D eigenvalue weighted by Gasteiger charge is -2.38. The number of nitrogens with zero attached hydrogens (tertiary/aromatic N) is 2. The molecule has 268 valence electrons. The highest BCUT2D eigenvalue weighted by molar-refractivity contribution is 7.89. The standard InChI is InChI=1S/C29H39N3O2S2.C6H8O7/c1-21-7-11-27(12-8-21)36(33,34)31-19-29(14-13-26-17-22(2)24(4)35-26)15-16-32(20-29)28(5,6)25-10-9-23(3)30-18-25;7-3(8)1-6(13,5(11)12)2-4(9)10/h7-12,17-18,31H,13-16,19-20H2,1-6H3;13H,1-2H2,(H,7,8)(H,9,10)(H,11,12)/t29-;/m0./s1. The van der Waals surface area contributed by atoms with Crippen molar-refractivity contribution < 1.29 is 43.2 Å². The fourth-order valence-corrected chi connectivity index (χ4v) is 8.00. The normalized spacial score (nSPS) is 17.0. The van der Waals surface area contributed by atoms with Gasteiger partial charge in [-0.15, -0.1) is 11.3 Å². The number of benzene rings is 1. The molecule has 1 aliphatic heterocycles. The molecule has 0 radical (unpaired) electrons. The molecule has 0 unspecified atom stereocenters. The van der Waals surface area contributed by atoms with E-state index in [2.05, 4.69) is 60.5 Å². The number of aliphatic carboxylic acids is 3. The van der Waals surface area contributed by atoms with E-state index >= 15 is 0 Å². The lowest BCUT2D eigenvalue weighted by molar-refractivity contribution is -0.170. The van der Waals surface area contributed by atoms with Gasteiger partial charge in [-0.05, 0) is 108 Å². The summed E-state index contributed by atoms with van der Waals surface area (Å²) in [6.07, 6.45) is 2.55. The van der Waals surface area contributed by atoms with E-state index in [0.29, 0.717) is 11.4 Å². The molecule has 4 rings (SSSR count). The number of hydrogen-bond donors (Lipinski definition) is 5. The smallest absolute Gasteiger partial charge is 0.336 e. The number of likely N-dealkylation sites (tertiary alicyclic amines) is 1. The molecule has 49 heavy (non-hydrogen) atoms. The Balaban J connectivity index is 0.000000425. The molecule has 1 aromatic carbocycles. The van der Waals surface area contributed by atoms with Crippen molar-refractivity contribution in [2.24, 2.45) is 5.41 Å². The highest BCUT2D eigenvalue weighted by Gasteiger charge is 2.44. The van der Waals surface area contributed by atoms with Gasteiger partial charge >= 0.3 is 17.9 Å². The van der Waals surface area contributed by atoms with Crippen molar-refractivity contribution in [1.29, 1.82) is 0 Å². The summed E-state index contributed by atoms with van der Waals surface area (Å²) in [5.74, 6) is -5.02. The van der Waals surface area contributed by atoms with Gasteiger partial charge in [0.05, 0.1) is 17.7 Å². The van der Waals surface area contributed by atoms with Crippen LogP contribution in [0.25, 0.3) is 0 Å². The van der Waals surface area contributed by atoms with Crippen LogP contribution < -0.4 is 4.72 Å². The molecule has 0 aliphatic carbocycles. The number of aryl methyl sites for hydroxylation is 5. The zero-order chi connectivity index (χ0) is 36.8. The number of carboxylic acid groups (broad SMARTS) is 3. The summed E-state index contributed by atoms with van der Waals surface area (Å²) in [7, 11) is -3.57. The van der Waals surface area contributed by atoms with Gasteiger partial charge in [-0.2, -0.15) is 0 Å². The second-order valence-corrected chi connectivity index (χ2v) is 16.6. The summed E-state index contributed by atoms with van der Waals surface area (Å²) in [6, 6.07) is 13.6. The number of rotatable bonds is 14. The Morgan fingerprint density at radius 3 is 2.08 bits per heavy atom. The fraction of sp³-hybridized carbons (Fsp3) is 0.486. The lowest BCUT2D eigenvalue weighted by Crippen LogP contribution is -2.44. The van der Waals surface area contributed by atoms with Crippen LogP contribution >= 0.6 is 11.3 Å². The molecule has 3 aromatic rings. The predicted octanol–water partition coefficient (Wildman–Crippen LogP) is 4.67. The summed E-state index contributed by atoms with van der Waals surface area (Å²) < 4.78 is 29.3. The number of pyridine rings is 1. The van der Waals surface area contributed by atoms with Crippen LogP contribution in [0.1, 0.15) is 71.7 Å². The minimum Gasteiger partial charge on any atom is -0.481 e. The van der Waals surface area contributed by atoms with Crippen LogP contribution in [0.3, 0.4) is 0 Å². The Hall–Kier alpha value is -3.69. The van der Waals surface area contributed by atoms with E-state index in [-0.39, 0.29) is 11.0 Å². The first kappa shape index (κ1) is 39.7. The van der Waals surface area contributed by atoms with Crippen molar-refractivity contribution in [3.05, 3.63) is 80.8 Å². The number of sulfonamides is 1. The third-order valence-electron chi connectivity index (χ3n) is 9.22. The third kappa shape index (κ3) is 10.6. The molecule has 5 N–H and O–H groups in total. The summed E-state index contributed by atoms with van der Waals surface area (Å²) >= 11 is 1.86. The van der Waals surface area contributed by atoms with Crippen LogP contribution in [-0.4, -0.2) is 81.9 Å². The molecular formula is C35H47N3O9S2. The number of thiophene rings is 1. The van der Waals surface area contributed by atoms with Crippen molar-refractivity contribution in [2.75, 3.05) is 19.6 Å². The number of nitrogens with one attached hydrogen (secondary N) is 1. The molecule has 1 atom stereocenters. The fourth-order valence-electron chi connectivity index (χ4n) is 5.79. The summed E-state index contributed by atoms with van der Waals surface area (Å²) in [6.45, 7) is 15.0. The Labute approximate surface area is 291 Å². The van der Waals surface area contributed by atoms with E-state index in [1.807, 2.05) is 43.5 Å². The van der Waals surface area contributed by atoms with Gasteiger partial charge in [0.25, 0.3) is 0 Å². The van der Waals surface area contributed by atoms with E-state index in [1.165, 1.54) is 20.9 Å². The first-order valence-electron chi connectivity index (χ1n) is 15.9. The van der Waals surface area contributed by atoms with Crippen molar-refractivity contribution >= 4 is 39.3 Å². The monoisotopic (exact) mass is 717 g/mol. The first-order valence-corrected chi connectivity index (χ1v) is 18.2.